The molecule has 2 aliphatic heterocycles. The molecule has 2 fully saturated rings. The van der Waals surface area contributed by atoms with Crippen LogP contribution in [0.3, 0.4) is 0 Å². The van der Waals surface area contributed by atoms with E-state index in [0.717, 1.165) is 5.56 Å². The number of hydrogen-bond acceptors (Lipinski definition) is 8. The lowest BCUT2D eigenvalue weighted by Gasteiger charge is -2.23. The van der Waals surface area contributed by atoms with E-state index in [-0.39, 0.29) is 29.7 Å². The highest BCUT2D eigenvalue weighted by Crippen LogP contribution is 2.37. The summed E-state index contributed by atoms with van der Waals surface area (Å²) in [7, 11) is 0. The van der Waals surface area contributed by atoms with Crippen LogP contribution in [-0.2, 0) is 25.7 Å². The third-order valence-electron chi connectivity index (χ3n) is 5.31. The van der Waals surface area contributed by atoms with Gasteiger partial charge < -0.3 is 9.47 Å². The lowest BCUT2D eigenvalue weighted by molar-refractivity contribution is -0.384. The SMILES string of the molecule is C[C@H](OC(=O)c1ccc([N+](=O)[O-])cc1)[C@@H]1ON(Cc2ccccc2)[C@@H]2C(=O)OC[C@H]12. The molecular weight excluding hydrogens is 392 g/mol. The van der Waals surface area contributed by atoms with Crippen molar-refractivity contribution in [2.75, 3.05) is 6.61 Å². The highest BCUT2D eigenvalue weighted by Gasteiger charge is 2.55. The fraction of sp³-hybridized carbons (Fsp3) is 0.333. The lowest BCUT2D eigenvalue weighted by Crippen LogP contribution is -2.36. The maximum Gasteiger partial charge on any atom is 0.338 e. The number of nitro groups is 1. The number of fused-ring (bicyclic) bond motifs is 1. The van der Waals surface area contributed by atoms with Crippen molar-refractivity contribution in [1.82, 2.24) is 5.06 Å². The Morgan fingerprint density at radius 3 is 2.60 bits per heavy atom. The smallest absolute Gasteiger partial charge is 0.338 e. The summed E-state index contributed by atoms with van der Waals surface area (Å²) in [4.78, 5) is 40.9. The molecule has 2 aliphatic rings. The van der Waals surface area contributed by atoms with Crippen LogP contribution < -0.4 is 0 Å². The molecule has 2 saturated heterocycles. The molecule has 0 saturated carbocycles. The first-order valence-electron chi connectivity index (χ1n) is 9.53. The van der Waals surface area contributed by atoms with Gasteiger partial charge in [-0.2, -0.15) is 5.06 Å². The number of hydrogen-bond donors (Lipinski definition) is 0. The predicted molar refractivity (Wildman–Crippen MR) is 103 cm³/mol. The van der Waals surface area contributed by atoms with Crippen LogP contribution in [0.4, 0.5) is 5.69 Å². The van der Waals surface area contributed by atoms with E-state index < -0.39 is 29.1 Å². The molecule has 0 spiro atoms. The van der Waals surface area contributed by atoms with Crippen molar-refractivity contribution in [2.24, 2.45) is 5.92 Å². The first-order chi connectivity index (χ1) is 14.4. The van der Waals surface area contributed by atoms with Crippen LogP contribution in [0.5, 0.6) is 0 Å². The van der Waals surface area contributed by atoms with Crippen molar-refractivity contribution in [1.29, 1.82) is 0 Å². The molecule has 0 amide bonds. The molecule has 2 aromatic rings. The van der Waals surface area contributed by atoms with Gasteiger partial charge in [-0.15, -0.1) is 0 Å². The minimum absolute atomic E-state index is 0.111. The number of carbonyl (C=O) groups excluding carboxylic acids is 2. The fourth-order valence-corrected chi connectivity index (χ4v) is 3.79. The molecule has 0 aliphatic carbocycles. The number of non-ortho nitro benzene ring substituents is 1. The van der Waals surface area contributed by atoms with E-state index >= 15 is 0 Å². The lowest BCUT2D eigenvalue weighted by atomic mass is 9.94. The Balaban J connectivity index is 1.45. The van der Waals surface area contributed by atoms with E-state index in [1.165, 1.54) is 24.3 Å². The number of benzene rings is 2. The summed E-state index contributed by atoms with van der Waals surface area (Å²) in [5, 5.41) is 12.4. The molecule has 0 radical (unpaired) electrons. The highest BCUT2D eigenvalue weighted by molar-refractivity contribution is 5.89. The summed E-state index contributed by atoms with van der Waals surface area (Å²) in [5.74, 6) is -1.24. The molecule has 4 atom stereocenters. The molecule has 9 nitrogen and oxygen atoms in total. The van der Waals surface area contributed by atoms with Gasteiger partial charge in [-0.3, -0.25) is 19.7 Å². The van der Waals surface area contributed by atoms with E-state index in [1.807, 2.05) is 30.3 Å². The number of rotatable bonds is 6. The highest BCUT2D eigenvalue weighted by atomic mass is 16.7. The van der Waals surface area contributed by atoms with Crippen LogP contribution in [0.2, 0.25) is 0 Å². The molecule has 2 heterocycles. The van der Waals surface area contributed by atoms with Crippen molar-refractivity contribution in [2.45, 2.75) is 31.7 Å². The number of cyclic esters (lactones) is 1. The molecule has 2 aromatic carbocycles. The van der Waals surface area contributed by atoms with Crippen LogP contribution in [-0.4, -0.2) is 46.8 Å². The van der Waals surface area contributed by atoms with E-state index in [2.05, 4.69) is 0 Å². The zero-order valence-corrected chi connectivity index (χ0v) is 16.2. The zero-order valence-electron chi connectivity index (χ0n) is 16.2. The number of ether oxygens (including phenoxy) is 2. The summed E-state index contributed by atoms with van der Waals surface area (Å²) in [6.07, 6.45) is -1.21. The molecule has 0 aromatic heterocycles. The van der Waals surface area contributed by atoms with Crippen molar-refractivity contribution in [3.05, 3.63) is 75.8 Å². The molecule has 0 N–H and O–H groups in total. The van der Waals surface area contributed by atoms with Gasteiger partial charge in [0.2, 0.25) is 0 Å². The minimum atomic E-state index is -0.657. The minimum Gasteiger partial charge on any atom is -0.464 e. The fourth-order valence-electron chi connectivity index (χ4n) is 3.79. The summed E-state index contributed by atoms with van der Waals surface area (Å²) in [5.41, 5.74) is 1.06. The Labute approximate surface area is 172 Å². The van der Waals surface area contributed by atoms with Gasteiger partial charge in [0, 0.05) is 12.1 Å². The molecule has 156 valence electrons. The summed E-state index contributed by atoms with van der Waals surface area (Å²) in [6.45, 7) is 2.29. The van der Waals surface area contributed by atoms with Crippen LogP contribution >= 0.6 is 0 Å². The van der Waals surface area contributed by atoms with Crippen molar-refractivity contribution in [3.8, 4) is 0 Å². The van der Waals surface area contributed by atoms with Crippen molar-refractivity contribution >= 4 is 17.6 Å². The Morgan fingerprint density at radius 1 is 1.23 bits per heavy atom. The molecular formula is C21H20N2O7. The molecule has 0 bridgehead atoms. The van der Waals surface area contributed by atoms with E-state index in [0.29, 0.717) is 6.54 Å². The van der Waals surface area contributed by atoms with Gasteiger partial charge in [-0.05, 0) is 24.6 Å². The third kappa shape index (κ3) is 3.89. The van der Waals surface area contributed by atoms with E-state index in [4.69, 9.17) is 14.3 Å². The Hall–Kier alpha value is -3.30. The topological polar surface area (TPSA) is 108 Å². The average molecular weight is 412 g/mol. The monoisotopic (exact) mass is 412 g/mol. The van der Waals surface area contributed by atoms with Gasteiger partial charge in [0.1, 0.15) is 18.2 Å². The summed E-state index contributed by atoms with van der Waals surface area (Å²) in [6, 6.07) is 14.2. The van der Waals surface area contributed by atoms with Crippen LogP contribution in [0.25, 0.3) is 0 Å². The van der Waals surface area contributed by atoms with E-state index in [9.17, 15) is 19.7 Å². The van der Waals surface area contributed by atoms with Gasteiger partial charge >= 0.3 is 11.9 Å². The maximum atomic E-state index is 12.5. The largest absolute Gasteiger partial charge is 0.464 e. The van der Waals surface area contributed by atoms with Crippen LogP contribution in [0.15, 0.2) is 54.6 Å². The Morgan fingerprint density at radius 2 is 1.93 bits per heavy atom. The van der Waals surface area contributed by atoms with Gasteiger partial charge in [0.25, 0.3) is 5.69 Å². The number of nitrogens with zero attached hydrogens (tertiary/aromatic N) is 2. The number of nitro benzene ring substituents is 1. The van der Waals surface area contributed by atoms with Crippen LogP contribution in [0, 0.1) is 16.0 Å². The first-order valence-corrected chi connectivity index (χ1v) is 9.53. The quantitative estimate of drug-likeness (QED) is 0.405. The first kappa shape index (κ1) is 20.0. The summed E-state index contributed by atoms with van der Waals surface area (Å²) >= 11 is 0. The Kier molecular flexibility index (Phi) is 5.47. The third-order valence-corrected chi connectivity index (χ3v) is 5.31. The standard InChI is InChI=1S/C21H20N2O7/c1-13(29-20(24)15-7-9-16(10-8-15)23(26)27)19-17-12-28-21(25)18(17)22(30-19)11-14-5-3-2-4-6-14/h2-10,13,17-19H,11-12H2,1H3/t13-,17-,18-,19-/m0/s1. The second kappa shape index (κ2) is 8.21. The average Bonchev–Trinajstić information content (AvgIpc) is 3.30. The maximum absolute atomic E-state index is 12.5. The predicted octanol–water partition coefficient (Wildman–Crippen LogP) is 2.50. The zero-order chi connectivity index (χ0) is 21.3. The Bertz CT molecular complexity index is 948. The summed E-state index contributed by atoms with van der Waals surface area (Å²) < 4.78 is 10.8. The van der Waals surface area contributed by atoms with E-state index in [1.54, 1.807) is 12.0 Å². The van der Waals surface area contributed by atoms with Crippen molar-refractivity contribution in [3.63, 3.8) is 0 Å². The van der Waals surface area contributed by atoms with Gasteiger partial charge in [-0.25, -0.2) is 4.79 Å². The second-order valence-electron chi connectivity index (χ2n) is 7.28. The van der Waals surface area contributed by atoms with Gasteiger partial charge in [0.15, 0.2) is 0 Å². The molecule has 9 heteroatoms. The normalized spacial score (nSPS) is 24.2. The molecule has 0 unspecified atom stereocenters. The van der Waals surface area contributed by atoms with Gasteiger partial charge in [-0.1, -0.05) is 30.3 Å². The van der Waals surface area contributed by atoms with Crippen molar-refractivity contribution < 1.29 is 28.8 Å². The molecule has 4 rings (SSSR count). The molecule has 30 heavy (non-hydrogen) atoms. The van der Waals surface area contributed by atoms with Crippen LogP contribution in [0.1, 0.15) is 22.8 Å². The number of hydroxylamine groups is 2. The number of carbonyl (C=O) groups is 2. The van der Waals surface area contributed by atoms with Gasteiger partial charge in [0.05, 0.1) is 29.6 Å². The second-order valence-corrected chi connectivity index (χ2v) is 7.28. The number of esters is 2.